The van der Waals surface area contributed by atoms with Gasteiger partial charge in [0.2, 0.25) is 5.91 Å². The van der Waals surface area contributed by atoms with E-state index in [1.807, 2.05) is 6.07 Å². The van der Waals surface area contributed by atoms with Gasteiger partial charge in [-0.15, -0.1) is 0 Å². The van der Waals surface area contributed by atoms with Crippen LogP contribution in [0.1, 0.15) is 19.3 Å². The number of carbonyl (C=O) groups is 1. The van der Waals surface area contributed by atoms with Gasteiger partial charge < -0.3 is 9.64 Å². The van der Waals surface area contributed by atoms with E-state index in [1.54, 1.807) is 4.90 Å². The molecular formula is C9H14N2O2. The number of amides is 1. The number of nitrogens with zero attached hydrogens (tertiary/aromatic N) is 2. The fourth-order valence-electron chi connectivity index (χ4n) is 1.27. The van der Waals surface area contributed by atoms with Crippen molar-refractivity contribution in [3.63, 3.8) is 0 Å². The molecule has 0 N–H and O–H groups in total. The highest BCUT2D eigenvalue weighted by Gasteiger charge is 2.31. The first-order chi connectivity index (χ1) is 6.29. The third-order valence-corrected chi connectivity index (χ3v) is 2.04. The Kier molecular flexibility index (Phi) is 3.71. The van der Waals surface area contributed by atoms with Crippen LogP contribution in [0, 0.1) is 11.3 Å². The van der Waals surface area contributed by atoms with Gasteiger partial charge in [0, 0.05) is 19.7 Å². The Labute approximate surface area is 78.1 Å². The van der Waals surface area contributed by atoms with Gasteiger partial charge in [-0.05, 0) is 12.8 Å². The minimum Gasteiger partial charge on any atom is -0.375 e. The van der Waals surface area contributed by atoms with Crippen LogP contribution in [0.5, 0.6) is 0 Å². The predicted molar refractivity (Wildman–Crippen MR) is 46.8 cm³/mol. The molecule has 1 amide bonds. The maximum atomic E-state index is 11.4. The minimum absolute atomic E-state index is 0.000231. The lowest BCUT2D eigenvalue weighted by Gasteiger charge is -2.20. The average molecular weight is 182 g/mol. The number of carbonyl (C=O) groups excluding carboxylic acids is 1. The molecule has 0 saturated heterocycles. The summed E-state index contributed by atoms with van der Waals surface area (Å²) in [7, 11) is 1.51. The Hall–Kier alpha value is -1.08. The lowest BCUT2D eigenvalue weighted by atomic mass is 10.3. The summed E-state index contributed by atoms with van der Waals surface area (Å²) in [6.45, 7) is 0.672. The third kappa shape index (κ3) is 3.03. The molecule has 1 saturated carbocycles. The average Bonchev–Trinajstić information content (AvgIpc) is 2.89. The standard InChI is InChI=1S/C9H14N2O2/c1-13-7-9(12)11(6-2-5-10)8-3-4-8/h8H,2-4,6-7H2,1H3. The first-order valence-electron chi connectivity index (χ1n) is 4.45. The van der Waals surface area contributed by atoms with Gasteiger partial charge in [0.05, 0.1) is 12.5 Å². The van der Waals surface area contributed by atoms with Crippen LogP contribution >= 0.6 is 0 Å². The Morgan fingerprint density at radius 1 is 1.69 bits per heavy atom. The second-order valence-electron chi connectivity index (χ2n) is 3.16. The largest absolute Gasteiger partial charge is 0.375 e. The number of nitriles is 1. The van der Waals surface area contributed by atoms with Crippen LogP contribution in [0.15, 0.2) is 0 Å². The molecule has 1 rings (SSSR count). The summed E-state index contributed by atoms with van der Waals surface area (Å²) in [6.07, 6.45) is 2.55. The maximum Gasteiger partial charge on any atom is 0.248 e. The summed E-state index contributed by atoms with van der Waals surface area (Å²) in [5, 5.41) is 8.41. The molecule has 0 spiro atoms. The Balaban J connectivity index is 2.37. The fraction of sp³-hybridized carbons (Fsp3) is 0.778. The van der Waals surface area contributed by atoms with E-state index in [0.717, 1.165) is 12.8 Å². The van der Waals surface area contributed by atoms with E-state index in [0.29, 0.717) is 19.0 Å². The van der Waals surface area contributed by atoms with Crippen LogP contribution < -0.4 is 0 Å². The smallest absolute Gasteiger partial charge is 0.248 e. The minimum atomic E-state index is 0.000231. The number of hydrogen-bond acceptors (Lipinski definition) is 3. The van der Waals surface area contributed by atoms with Crippen molar-refractivity contribution in [1.82, 2.24) is 4.90 Å². The SMILES string of the molecule is COCC(=O)N(CCC#N)C1CC1. The molecule has 13 heavy (non-hydrogen) atoms. The number of ether oxygens (including phenoxy) is 1. The molecule has 0 aliphatic heterocycles. The lowest BCUT2D eigenvalue weighted by molar-refractivity contribution is -0.135. The predicted octanol–water partition coefficient (Wildman–Crippen LogP) is 0.537. The van der Waals surface area contributed by atoms with E-state index < -0.39 is 0 Å². The van der Waals surface area contributed by atoms with Crippen LogP contribution in [0.4, 0.5) is 0 Å². The van der Waals surface area contributed by atoms with Crippen LogP contribution in [-0.2, 0) is 9.53 Å². The topological polar surface area (TPSA) is 53.3 Å². The van der Waals surface area contributed by atoms with Crippen LogP contribution in [0.3, 0.4) is 0 Å². The Morgan fingerprint density at radius 2 is 2.38 bits per heavy atom. The maximum absolute atomic E-state index is 11.4. The summed E-state index contributed by atoms with van der Waals surface area (Å²) in [4.78, 5) is 13.2. The van der Waals surface area contributed by atoms with Crippen molar-refractivity contribution in [3.05, 3.63) is 0 Å². The van der Waals surface area contributed by atoms with Gasteiger partial charge >= 0.3 is 0 Å². The van der Waals surface area contributed by atoms with Crippen molar-refractivity contribution in [2.45, 2.75) is 25.3 Å². The van der Waals surface area contributed by atoms with E-state index in [-0.39, 0.29) is 12.5 Å². The molecule has 4 nitrogen and oxygen atoms in total. The summed E-state index contributed by atoms with van der Waals surface area (Å²) in [5.41, 5.74) is 0. The van der Waals surface area contributed by atoms with Gasteiger partial charge in [-0.25, -0.2) is 0 Å². The zero-order chi connectivity index (χ0) is 9.68. The van der Waals surface area contributed by atoms with Gasteiger partial charge in [0.15, 0.2) is 0 Å². The molecule has 4 heteroatoms. The van der Waals surface area contributed by atoms with Crippen molar-refractivity contribution in [2.75, 3.05) is 20.3 Å². The zero-order valence-corrected chi connectivity index (χ0v) is 7.82. The molecule has 1 aliphatic rings. The molecule has 0 radical (unpaired) electrons. The molecule has 0 atom stereocenters. The molecule has 0 aromatic rings. The highest BCUT2D eigenvalue weighted by molar-refractivity contribution is 5.78. The molecule has 0 aromatic heterocycles. The second-order valence-corrected chi connectivity index (χ2v) is 3.16. The van der Waals surface area contributed by atoms with Crippen molar-refractivity contribution in [2.24, 2.45) is 0 Å². The molecular weight excluding hydrogens is 168 g/mol. The summed E-state index contributed by atoms with van der Waals surface area (Å²) < 4.78 is 4.77. The first kappa shape index (κ1) is 10.0. The van der Waals surface area contributed by atoms with Gasteiger partial charge in [0.1, 0.15) is 6.61 Å². The van der Waals surface area contributed by atoms with Crippen LogP contribution in [0.2, 0.25) is 0 Å². The highest BCUT2D eigenvalue weighted by atomic mass is 16.5. The van der Waals surface area contributed by atoms with E-state index in [9.17, 15) is 4.79 Å². The van der Waals surface area contributed by atoms with Crippen molar-refractivity contribution in [3.8, 4) is 6.07 Å². The van der Waals surface area contributed by atoms with E-state index in [2.05, 4.69) is 0 Å². The van der Waals surface area contributed by atoms with Gasteiger partial charge in [-0.2, -0.15) is 5.26 Å². The summed E-state index contributed by atoms with van der Waals surface area (Å²) in [6, 6.07) is 2.41. The first-order valence-corrected chi connectivity index (χ1v) is 4.45. The molecule has 1 fully saturated rings. The van der Waals surface area contributed by atoms with E-state index in [4.69, 9.17) is 10.00 Å². The van der Waals surface area contributed by atoms with Crippen molar-refractivity contribution in [1.29, 1.82) is 5.26 Å². The fourth-order valence-corrected chi connectivity index (χ4v) is 1.27. The van der Waals surface area contributed by atoms with E-state index >= 15 is 0 Å². The Morgan fingerprint density at radius 3 is 2.85 bits per heavy atom. The normalized spacial score (nSPS) is 15.1. The monoisotopic (exact) mass is 182 g/mol. The second kappa shape index (κ2) is 4.83. The lowest BCUT2D eigenvalue weighted by Crippen LogP contribution is -2.36. The third-order valence-electron chi connectivity index (χ3n) is 2.04. The highest BCUT2D eigenvalue weighted by Crippen LogP contribution is 2.26. The number of methoxy groups -OCH3 is 1. The van der Waals surface area contributed by atoms with Gasteiger partial charge in [0.25, 0.3) is 0 Å². The van der Waals surface area contributed by atoms with Crippen molar-refractivity contribution >= 4 is 5.91 Å². The van der Waals surface area contributed by atoms with Crippen LogP contribution in [0.25, 0.3) is 0 Å². The van der Waals surface area contributed by atoms with Gasteiger partial charge in [-0.1, -0.05) is 0 Å². The molecule has 0 aromatic carbocycles. The summed E-state index contributed by atoms with van der Waals surface area (Å²) in [5.74, 6) is 0.000231. The molecule has 72 valence electrons. The Bertz CT molecular complexity index is 218. The molecule has 0 heterocycles. The molecule has 0 bridgehead atoms. The van der Waals surface area contributed by atoms with E-state index in [1.165, 1.54) is 7.11 Å². The van der Waals surface area contributed by atoms with Gasteiger partial charge in [-0.3, -0.25) is 4.79 Å². The van der Waals surface area contributed by atoms with Crippen LogP contribution in [-0.4, -0.2) is 37.1 Å². The molecule has 0 unspecified atom stereocenters. The van der Waals surface area contributed by atoms with Crippen molar-refractivity contribution < 1.29 is 9.53 Å². The summed E-state index contributed by atoms with van der Waals surface area (Å²) >= 11 is 0. The number of hydrogen-bond donors (Lipinski definition) is 0. The quantitative estimate of drug-likeness (QED) is 0.623. The molecule has 1 aliphatic carbocycles. The zero-order valence-electron chi connectivity index (χ0n) is 7.82. The number of rotatable bonds is 5.